The molecule has 2 atom stereocenters. The molecule has 1 fully saturated rings. The van der Waals surface area contributed by atoms with Crippen LogP contribution in [0.25, 0.3) is 0 Å². The minimum absolute atomic E-state index is 0.209. The van der Waals surface area contributed by atoms with E-state index in [4.69, 9.17) is 9.47 Å². The SMILES string of the molecule is C[C@H]1O[C@@H](C(C)(C)C)OC(=O)/C1=C\CCc1ccccc1. The Morgan fingerprint density at radius 2 is 1.86 bits per heavy atom. The van der Waals surface area contributed by atoms with Crippen molar-refractivity contribution in [3.05, 3.63) is 47.5 Å². The monoisotopic (exact) mass is 288 g/mol. The van der Waals surface area contributed by atoms with Crippen LogP contribution in [0.1, 0.15) is 39.7 Å². The summed E-state index contributed by atoms with van der Waals surface area (Å²) in [5.41, 5.74) is 1.69. The number of ether oxygens (including phenoxy) is 2. The lowest BCUT2D eigenvalue weighted by molar-refractivity contribution is -0.225. The zero-order chi connectivity index (χ0) is 15.5. The van der Waals surface area contributed by atoms with Crippen molar-refractivity contribution < 1.29 is 14.3 Å². The maximum Gasteiger partial charge on any atom is 0.338 e. The van der Waals surface area contributed by atoms with Gasteiger partial charge in [-0.05, 0) is 25.3 Å². The molecule has 0 bridgehead atoms. The first-order valence-electron chi connectivity index (χ1n) is 7.48. The molecule has 0 saturated carbocycles. The number of cyclic esters (lactones) is 1. The Morgan fingerprint density at radius 1 is 1.19 bits per heavy atom. The van der Waals surface area contributed by atoms with Gasteiger partial charge in [0.2, 0.25) is 6.29 Å². The zero-order valence-electron chi connectivity index (χ0n) is 13.3. The molecule has 114 valence electrons. The summed E-state index contributed by atoms with van der Waals surface area (Å²) in [6.07, 6.45) is 2.96. The number of benzene rings is 1. The van der Waals surface area contributed by atoms with Crippen LogP contribution in [-0.4, -0.2) is 18.4 Å². The van der Waals surface area contributed by atoms with Gasteiger partial charge < -0.3 is 9.47 Å². The lowest BCUT2D eigenvalue weighted by atomic mass is 9.94. The molecule has 0 unspecified atom stereocenters. The fourth-order valence-electron chi connectivity index (χ4n) is 2.29. The number of esters is 1. The molecule has 0 radical (unpaired) electrons. The molecule has 0 N–H and O–H groups in total. The van der Waals surface area contributed by atoms with E-state index in [0.717, 1.165) is 12.8 Å². The van der Waals surface area contributed by atoms with E-state index >= 15 is 0 Å². The first-order valence-corrected chi connectivity index (χ1v) is 7.48. The van der Waals surface area contributed by atoms with Crippen LogP contribution in [0, 0.1) is 5.41 Å². The van der Waals surface area contributed by atoms with Crippen molar-refractivity contribution in [3.63, 3.8) is 0 Å². The van der Waals surface area contributed by atoms with Crippen molar-refractivity contribution >= 4 is 5.97 Å². The van der Waals surface area contributed by atoms with Gasteiger partial charge in [0.25, 0.3) is 0 Å². The van der Waals surface area contributed by atoms with Gasteiger partial charge in [-0.2, -0.15) is 0 Å². The van der Waals surface area contributed by atoms with E-state index < -0.39 is 6.29 Å². The largest absolute Gasteiger partial charge is 0.432 e. The maximum atomic E-state index is 12.1. The first-order chi connectivity index (χ1) is 9.88. The smallest absolute Gasteiger partial charge is 0.338 e. The van der Waals surface area contributed by atoms with Crippen molar-refractivity contribution in [1.82, 2.24) is 0 Å². The molecule has 1 aliphatic rings. The van der Waals surface area contributed by atoms with Crippen LogP contribution in [-0.2, 0) is 20.7 Å². The molecular weight excluding hydrogens is 264 g/mol. The van der Waals surface area contributed by atoms with E-state index in [1.165, 1.54) is 5.56 Å². The summed E-state index contributed by atoms with van der Waals surface area (Å²) in [6, 6.07) is 10.2. The van der Waals surface area contributed by atoms with Crippen molar-refractivity contribution in [2.45, 2.75) is 52.9 Å². The van der Waals surface area contributed by atoms with Gasteiger partial charge in [-0.25, -0.2) is 4.79 Å². The van der Waals surface area contributed by atoms with Crippen molar-refractivity contribution in [2.24, 2.45) is 5.41 Å². The molecule has 21 heavy (non-hydrogen) atoms. The average Bonchev–Trinajstić information content (AvgIpc) is 2.42. The van der Waals surface area contributed by atoms with Gasteiger partial charge in [-0.1, -0.05) is 57.2 Å². The number of hydrogen-bond donors (Lipinski definition) is 0. The molecule has 1 heterocycles. The molecule has 0 aromatic heterocycles. The van der Waals surface area contributed by atoms with Crippen molar-refractivity contribution in [3.8, 4) is 0 Å². The van der Waals surface area contributed by atoms with E-state index in [1.54, 1.807) is 0 Å². The van der Waals surface area contributed by atoms with Gasteiger partial charge in [-0.3, -0.25) is 0 Å². The summed E-state index contributed by atoms with van der Waals surface area (Å²) in [5.74, 6) is -0.248. The predicted octanol–water partition coefficient (Wildman–Crippen LogP) is 3.88. The van der Waals surface area contributed by atoms with Crippen molar-refractivity contribution in [1.29, 1.82) is 0 Å². The molecule has 3 nitrogen and oxygen atoms in total. The maximum absolute atomic E-state index is 12.1. The minimum Gasteiger partial charge on any atom is -0.432 e. The van der Waals surface area contributed by atoms with Gasteiger partial charge >= 0.3 is 5.97 Å². The predicted molar refractivity (Wildman–Crippen MR) is 82.7 cm³/mol. The third-order valence-corrected chi connectivity index (χ3v) is 3.56. The van der Waals surface area contributed by atoms with Crippen LogP contribution in [0.4, 0.5) is 0 Å². The number of hydrogen-bond acceptors (Lipinski definition) is 3. The number of carbonyl (C=O) groups excluding carboxylic acids is 1. The Morgan fingerprint density at radius 3 is 2.43 bits per heavy atom. The number of carbonyl (C=O) groups is 1. The standard InChI is InChI=1S/C18H24O3/c1-13-15(12-8-11-14-9-6-5-7-10-14)16(19)21-17(20-13)18(2,3)4/h5-7,9-10,12-13,17H,8,11H2,1-4H3/b15-12-/t13-,17-/m1/s1. The van der Waals surface area contributed by atoms with E-state index in [2.05, 4.69) is 12.1 Å². The van der Waals surface area contributed by atoms with Gasteiger partial charge in [0.05, 0.1) is 11.7 Å². The Hall–Kier alpha value is -1.61. The molecular formula is C18H24O3. The van der Waals surface area contributed by atoms with Gasteiger partial charge in [-0.15, -0.1) is 0 Å². The number of aryl methyl sites for hydroxylation is 1. The second-order valence-corrected chi connectivity index (χ2v) is 6.57. The Bertz CT molecular complexity index is 511. The molecule has 0 spiro atoms. The molecule has 2 rings (SSSR count). The van der Waals surface area contributed by atoms with Crippen LogP contribution in [0.2, 0.25) is 0 Å². The molecule has 1 saturated heterocycles. The lowest BCUT2D eigenvalue weighted by Gasteiger charge is -2.36. The molecule has 0 amide bonds. The molecule has 1 aromatic carbocycles. The summed E-state index contributed by atoms with van der Waals surface area (Å²) in [6.45, 7) is 7.92. The van der Waals surface area contributed by atoms with E-state index in [1.807, 2.05) is 52.0 Å². The Labute approximate surface area is 127 Å². The van der Waals surface area contributed by atoms with Crippen LogP contribution in [0.3, 0.4) is 0 Å². The molecule has 1 aliphatic heterocycles. The van der Waals surface area contributed by atoms with E-state index in [9.17, 15) is 4.79 Å². The highest BCUT2D eigenvalue weighted by molar-refractivity contribution is 5.90. The van der Waals surface area contributed by atoms with Crippen molar-refractivity contribution in [2.75, 3.05) is 0 Å². The highest BCUT2D eigenvalue weighted by Gasteiger charge is 2.38. The first kappa shape index (κ1) is 15.8. The Balaban J connectivity index is 1.97. The highest BCUT2D eigenvalue weighted by Crippen LogP contribution is 2.31. The van der Waals surface area contributed by atoms with Gasteiger partial charge in [0.15, 0.2) is 0 Å². The molecule has 3 heteroatoms. The zero-order valence-corrected chi connectivity index (χ0v) is 13.3. The van der Waals surface area contributed by atoms with Crippen LogP contribution in [0.15, 0.2) is 42.0 Å². The topological polar surface area (TPSA) is 35.5 Å². The summed E-state index contributed by atoms with van der Waals surface area (Å²) < 4.78 is 11.2. The summed E-state index contributed by atoms with van der Waals surface area (Å²) in [4.78, 5) is 12.1. The summed E-state index contributed by atoms with van der Waals surface area (Å²) in [5, 5.41) is 0. The third kappa shape index (κ3) is 4.18. The van der Waals surface area contributed by atoms with E-state index in [-0.39, 0.29) is 17.5 Å². The molecule has 0 aliphatic carbocycles. The Kier molecular flexibility index (Phi) is 4.84. The average molecular weight is 288 g/mol. The minimum atomic E-state index is -0.480. The number of allylic oxidation sites excluding steroid dienone is 1. The van der Waals surface area contributed by atoms with Crippen LogP contribution in [0.5, 0.6) is 0 Å². The van der Waals surface area contributed by atoms with Crippen LogP contribution < -0.4 is 0 Å². The summed E-state index contributed by atoms with van der Waals surface area (Å²) >= 11 is 0. The third-order valence-electron chi connectivity index (χ3n) is 3.56. The quantitative estimate of drug-likeness (QED) is 0.625. The second kappa shape index (κ2) is 6.44. The normalized spacial score (nSPS) is 25.0. The van der Waals surface area contributed by atoms with E-state index in [0.29, 0.717) is 5.57 Å². The summed E-state index contributed by atoms with van der Waals surface area (Å²) in [7, 11) is 0. The number of rotatable bonds is 3. The van der Waals surface area contributed by atoms with Crippen LogP contribution >= 0.6 is 0 Å². The fraction of sp³-hybridized carbons (Fsp3) is 0.500. The van der Waals surface area contributed by atoms with Gasteiger partial charge in [0, 0.05) is 5.41 Å². The molecule has 1 aromatic rings. The fourth-order valence-corrected chi connectivity index (χ4v) is 2.29. The van der Waals surface area contributed by atoms with Gasteiger partial charge in [0.1, 0.15) is 0 Å². The second-order valence-electron chi connectivity index (χ2n) is 6.57. The highest BCUT2D eigenvalue weighted by atomic mass is 16.7. The lowest BCUT2D eigenvalue weighted by Crippen LogP contribution is -2.43.